The molecule has 0 bridgehead atoms. The molecule has 7 heavy (non-hydrogen) atoms. The summed E-state index contributed by atoms with van der Waals surface area (Å²) >= 11 is 0. The molecule has 0 heterocycles. The van der Waals surface area contributed by atoms with Crippen LogP contribution in [0.3, 0.4) is 0 Å². The summed E-state index contributed by atoms with van der Waals surface area (Å²) in [6.45, 7) is 0. The smallest absolute Gasteiger partial charge is 0.358 e. The Bertz CT molecular complexity index is 60.7. The van der Waals surface area contributed by atoms with Crippen molar-refractivity contribution in [1.29, 1.82) is 0 Å². The van der Waals surface area contributed by atoms with E-state index >= 15 is 0 Å². The van der Waals surface area contributed by atoms with E-state index in [2.05, 4.69) is 0 Å². The first-order valence-electron chi connectivity index (χ1n) is 1.67. The zero-order valence-corrected chi connectivity index (χ0v) is 5.73. The van der Waals surface area contributed by atoms with Gasteiger partial charge in [-0.15, -0.1) is 0 Å². The van der Waals surface area contributed by atoms with Gasteiger partial charge in [-0.2, -0.15) is 18.2 Å². The molecule has 37 valence electrons. The van der Waals surface area contributed by atoms with Crippen LogP contribution in [0.1, 0.15) is 0 Å². The maximum atomic E-state index is 2.00. The Morgan fingerprint density at radius 2 is 1.43 bits per heavy atom. The predicted octanol–water partition coefficient (Wildman–Crippen LogP) is 1.85. The molecule has 0 aliphatic rings. The van der Waals surface area contributed by atoms with Crippen LogP contribution in [0.4, 0.5) is 0 Å². The molecule has 1 heteroatoms. The predicted molar refractivity (Wildman–Crippen MR) is 28.4 cm³/mol. The first kappa shape index (κ1) is 10.0. The third-order valence-corrected chi connectivity index (χ3v) is 0.556. The monoisotopic (exact) mass is 131 g/mol. The van der Waals surface area contributed by atoms with E-state index in [1.165, 1.54) is 0 Å². The molecule has 0 N–H and O–H groups in total. The van der Waals surface area contributed by atoms with Gasteiger partial charge in [0.15, 0.2) is 0 Å². The quantitative estimate of drug-likeness (QED) is 0.471. The fourth-order valence-electron chi connectivity index (χ4n) is 0.321. The maximum absolute atomic E-state index is 2.00. The summed E-state index contributed by atoms with van der Waals surface area (Å²) in [5.74, 6) is 0. The second kappa shape index (κ2) is 5.93. The van der Waals surface area contributed by atoms with Crippen LogP contribution in [0.2, 0.25) is 0 Å². The summed E-state index contributed by atoms with van der Waals surface area (Å²) in [6, 6.07) is 10.0. The molecular formula is C6H8V. The van der Waals surface area contributed by atoms with E-state index in [9.17, 15) is 0 Å². The standard InChI is InChI=1S/C5H5.CH3.V/c1-2-4-5-3-1;;/h1-5H;1H3;/q2*-1;+2. The number of hydrogen-bond donors (Lipinski definition) is 0. The van der Waals surface area contributed by atoms with Crippen LogP contribution in [0.5, 0.6) is 0 Å². The molecular weight excluding hydrogens is 123 g/mol. The van der Waals surface area contributed by atoms with Crippen LogP contribution in [0, 0.1) is 7.43 Å². The molecule has 0 aliphatic carbocycles. The Balaban J connectivity index is 0. The van der Waals surface area contributed by atoms with E-state index in [-0.39, 0.29) is 26.0 Å². The number of hydrogen-bond acceptors (Lipinski definition) is 0. The van der Waals surface area contributed by atoms with Crippen LogP contribution in [0.25, 0.3) is 0 Å². The minimum Gasteiger partial charge on any atom is -0.358 e. The first-order chi connectivity index (χ1) is 2.50. The number of rotatable bonds is 0. The van der Waals surface area contributed by atoms with Gasteiger partial charge in [0.2, 0.25) is 0 Å². The van der Waals surface area contributed by atoms with Crippen LogP contribution in [-0.2, 0) is 18.6 Å². The van der Waals surface area contributed by atoms with Crippen molar-refractivity contribution in [3.8, 4) is 0 Å². The van der Waals surface area contributed by atoms with Gasteiger partial charge in [-0.05, 0) is 0 Å². The van der Waals surface area contributed by atoms with Gasteiger partial charge in [0.25, 0.3) is 0 Å². The van der Waals surface area contributed by atoms with Crippen molar-refractivity contribution >= 4 is 0 Å². The van der Waals surface area contributed by atoms with Gasteiger partial charge in [-0.1, -0.05) is 0 Å². The average Bonchev–Trinajstić information content (AvgIpc) is 1.76. The van der Waals surface area contributed by atoms with Crippen molar-refractivity contribution in [2.45, 2.75) is 0 Å². The molecule has 0 fully saturated rings. The molecule has 0 spiro atoms. The molecule has 0 aliphatic heterocycles. The molecule has 1 aromatic carbocycles. The fourth-order valence-corrected chi connectivity index (χ4v) is 0.321. The van der Waals surface area contributed by atoms with Crippen molar-refractivity contribution < 1.29 is 18.6 Å². The normalized spacial score (nSPS) is 5.71. The zero-order valence-electron chi connectivity index (χ0n) is 4.33. The Hall–Kier alpha value is -0.0656. The minimum absolute atomic E-state index is 0. The third kappa shape index (κ3) is 3.77. The van der Waals surface area contributed by atoms with E-state index in [0.717, 1.165) is 0 Å². The van der Waals surface area contributed by atoms with Gasteiger partial charge in [-0.3, -0.25) is 0 Å². The van der Waals surface area contributed by atoms with E-state index in [1.54, 1.807) is 0 Å². The topological polar surface area (TPSA) is 0 Å². The second-order valence-electron chi connectivity index (χ2n) is 0.962. The minimum atomic E-state index is 0. The molecule has 1 rings (SSSR count). The van der Waals surface area contributed by atoms with Crippen LogP contribution in [-0.4, -0.2) is 0 Å². The van der Waals surface area contributed by atoms with Crippen molar-refractivity contribution in [2.75, 3.05) is 0 Å². The molecule has 0 amide bonds. The van der Waals surface area contributed by atoms with Crippen molar-refractivity contribution in [1.82, 2.24) is 0 Å². The molecule has 0 unspecified atom stereocenters. The molecule has 0 nitrogen and oxygen atoms in total. The maximum Gasteiger partial charge on any atom is 2.00 e. The van der Waals surface area contributed by atoms with E-state index < -0.39 is 0 Å². The summed E-state index contributed by atoms with van der Waals surface area (Å²) < 4.78 is 0. The SMILES string of the molecule is [CH3-].[V+2].c1cc[cH-]c1. The molecule has 1 aromatic rings. The van der Waals surface area contributed by atoms with Crippen LogP contribution >= 0.6 is 0 Å². The Morgan fingerprint density at radius 3 is 1.57 bits per heavy atom. The summed E-state index contributed by atoms with van der Waals surface area (Å²) in [5.41, 5.74) is 0. The van der Waals surface area contributed by atoms with Gasteiger partial charge in [0.05, 0.1) is 0 Å². The molecule has 0 saturated carbocycles. The summed E-state index contributed by atoms with van der Waals surface area (Å²) in [6.07, 6.45) is 0. The van der Waals surface area contributed by atoms with Gasteiger partial charge in [0.1, 0.15) is 0 Å². The third-order valence-electron chi connectivity index (χ3n) is 0.556. The van der Waals surface area contributed by atoms with E-state index in [1.807, 2.05) is 30.3 Å². The second-order valence-corrected chi connectivity index (χ2v) is 0.962. The van der Waals surface area contributed by atoms with Gasteiger partial charge in [0, 0.05) is 0 Å². The molecule has 0 saturated heterocycles. The zero-order chi connectivity index (χ0) is 3.54. The largest absolute Gasteiger partial charge is 2.00 e. The van der Waals surface area contributed by atoms with Gasteiger partial charge < -0.3 is 7.43 Å². The van der Waals surface area contributed by atoms with Gasteiger partial charge in [-0.25, -0.2) is 12.1 Å². The molecule has 0 aromatic heterocycles. The van der Waals surface area contributed by atoms with Crippen LogP contribution in [0.15, 0.2) is 30.3 Å². The van der Waals surface area contributed by atoms with E-state index in [4.69, 9.17) is 0 Å². The average molecular weight is 131 g/mol. The molecule has 0 atom stereocenters. The fraction of sp³-hybridized carbons (Fsp3) is 0. The van der Waals surface area contributed by atoms with Gasteiger partial charge >= 0.3 is 18.6 Å². The van der Waals surface area contributed by atoms with Crippen molar-refractivity contribution in [3.05, 3.63) is 37.8 Å². The Kier molecular flexibility index (Phi) is 8.50. The summed E-state index contributed by atoms with van der Waals surface area (Å²) in [7, 11) is 0. The van der Waals surface area contributed by atoms with E-state index in [0.29, 0.717) is 0 Å². The first-order valence-corrected chi connectivity index (χ1v) is 1.67. The van der Waals surface area contributed by atoms with Crippen molar-refractivity contribution in [2.24, 2.45) is 0 Å². The summed E-state index contributed by atoms with van der Waals surface area (Å²) in [5, 5.41) is 0. The Morgan fingerprint density at radius 1 is 1.00 bits per heavy atom. The molecule has 1 radical (unpaired) electrons. The van der Waals surface area contributed by atoms with Crippen molar-refractivity contribution in [3.63, 3.8) is 0 Å². The van der Waals surface area contributed by atoms with Crippen LogP contribution < -0.4 is 0 Å². The summed E-state index contributed by atoms with van der Waals surface area (Å²) in [4.78, 5) is 0. The Labute approximate surface area is 56.8 Å².